The molecule has 2 heterocycles. The molecule has 0 aromatic heterocycles. The van der Waals surface area contributed by atoms with Gasteiger partial charge in [-0.05, 0) is 71.6 Å². The molecule has 1 saturated carbocycles. The van der Waals surface area contributed by atoms with Gasteiger partial charge in [0.25, 0.3) is 5.91 Å². The number of benzene rings is 1. The number of rotatable bonds is 8. The van der Waals surface area contributed by atoms with Gasteiger partial charge in [0, 0.05) is 38.4 Å². The molecule has 1 aromatic carbocycles. The third kappa shape index (κ3) is 6.83. The van der Waals surface area contributed by atoms with Crippen LogP contribution in [0.3, 0.4) is 0 Å². The smallest absolute Gasteiger partial charge is 0.416 e. The Morgan fingerprint density at radius 2 is 1.93 bits per heavy atom. The fourth-order valence-electron chi connectivity index (χ4n) is 5.39. The second-order valence-electron chi connectivity index (χ2n) is 11.8. The summed E-state index contributed by atoms with van der Waals surface area (Å²) in [7, 11) is 1.59. The third-order valence-electron chi connectivity index (χ3n) is 7.38. The van der Waals surface area contributed by atoms with E-state index in [2.05, 4.69) is 5.43 Å². The van der Waals surface area contributed by atoms with E-state index in [0.29, 0.717) is 37.4 Å². The Balaban J connectivity index is 1.61. The summed E-state index contributed by atoms with van der Waals surface area (Å²) in [5.41, 5.74) is 2.84. The van der Waals surface area contributed by atoms with Gasteiger partial charge in [-0.2, -0.15) is 13.2 Å². The number of nitrogens with zero attached hydrogens (tertiary/aromatic N) is 3. The highest BCUT2D eigenvalue weighted by Gasteiger charge is 2.44. The first-order valence-corrected chi connectivity index (χ1v) is 13.9. The number of morpholine rings is 1. The van der Waals surface area contributed by atoms with Gasteiger partial charge in [0.1, 0.15) is 5.60 Å². The van der Waals surface area contributed by atoms with Crippen molar-refractivity contribution in [3.8, 4) is 0 Å². The van der Waals surface area contributed by atoms with E-state index in [1.54, 1.807) is 57.7 Å². The molecule has 1 aromatic rings. The van der Waals surface area contributed by atoms with Gasteiger partial charge in [-0.3, -0.25) is 4.79 Å². The van der Waals surface area contributed by atoms with E-state index in [9.17, 15) is 22.8 Å². The van der Waals surface area contributed by atoms with Crippen molar-refractivity contribution < 1.29 is 37.0 Å². The lowest BCUT2D eigenvalue weighted by Crippen LogP contribution is -2.54. The van der Waals surface area contributed by atoms with Crippen LogP contribution in [0.25, 0.3) is 0 Å². The summed E-state index contributed by atoms with van der Waals surface area (Å²) in [4.78, 5) is 29.6. The molecule has 2 amide bonds. The van der Waals surface area contributed by atoms with Gasteiger partial charge >= 0.3 is 12.3 Å². The standard InChI is InChI=1S/C28H41F3N4O5/c1-17-24-21(28(29,30)31)14-19(15-22(24)34(32-17)10-7-12-38-6)18(2)35(20-8-9-20)25(36)23-16-33(11-13-39-23)26(37)40-27(3,4)5/h14-15,17-18,20,23,32H,7-13,16H2,1-6H3/t17?,18?,23-/m1/s1. The minimum atomic E-state index is -4.56. The van der Waals surface area contributed by atoms with Gasteiger partial charge in [0.2, 0.25) is 0 Å². The summed E-state index contributed by atoms with van der Waals surface area (Å²) >= 11 is 0. The van der Waals surface area contributed by atoms with Gasteiger partial charge in [-0.15, -0.1) is 0 Å². The number of methoxy groups -OCH3 is 1. The maximum Gasteiger partial charge on any atom is 0.416 e. The van der Waals surface area contributed by atoms with Crippen molar-refractivity contribution in [2.24, 2.45) is 0 Å². The molecule has 0 radical (unpaired) electrons. The maximum atomic E-state index is 14.3. The summed E-state index contributed by atoms with van der Waals surface area (Å²) in [6.07, 6.45) is -3.85. The molecular weight excluding hydrogens is 529 g/mol. The molecule has 3 aliphatic rings. The predicted octanol–water partition coefficient (Wildman–Crippen LogP) is 4.82. The quantitative estimate of drug-likeness (QED) is 0.449. The molecule has 4 rings (SSSR count). The monoisotopic (exact) mass is 570 g/mol. The average Bonchev–Trinajstić information content (AvgIpc) is 3.65. The number of nitrogens with one attached hydrogen (secondary N) is 1. The van der Waals surface area contributed by atoms with Crippen molar-refractivity contribution in [3.05, 3.63) is 28.8 Å². The fraction of sp³-hybridized carbons (Fsp3) is 0.714. The zero-order valence-electron chi connectivity index (χ0n) is 24.1. The zero-order valence-corrected chi connectivity index (χ0v) is 24.1. The number of ether oxygens (including phenoxy) is 3. The van der Waals surface area contributed by atoms with E-state index in [0.717, 1.165) is 12.8 Å². The highest BCUT2D eigenvalue weighted by molar-refractivity contribution is 5.83. The fourth-order valence-corrected chi connectivity index (χ4v) is 5.39. The first-order valence-electron chi connectivity index (χ1n) is 13.9. The van der Waals surface area contributed by atoms with Gasteiger partial charge < -0.3 is 29.0 Å². The second kappa shape index (κ2) is 11.7. The van der Waals surface area contributed by atoms with Crippen molar-refractivity contribution in [2.75, 3.05) is 45.0 Å². The topological polar surface area (TPSA) is 83.6 Å². The van der Waals surface area contributed by atoms with Crippen molar-refractivity contribution in [1.29, 1.82) is 0 Å². The number of amides is 2. The van der Waals surface area contributed by atoms with Crippen LogP contribution in [0.4, 0.5) is 23.7 Å². The van der Waals surface area contributed by atoms with E-state index in [4.69, 9.17) is 14.2 Å². The normalized spacial score (nSPS) is 22.2. The summed E-state index contributed by atoms with van der Waals surface area (Å²) in [5, 5.41) is 1.75. The highest BCUT2D eigenvalue weighted by Crippen LogP contribution is 2.46. The first kappa shape index (κ1) is 30.4. The molecular formula is C28H41F3N4O5. The van der Waals surface area contributed by atoms with Crippen LogP contribution in [0.15, 0.2) is 12.1 Å². The van der Waals surface area contributed by atoms with Gasteiger partial charge in [-0.25, -0.2) is 10.2 Å². The largest absolute Gasteiger partial charge is 0.444 e. The number of carbonyl (C=O) groups is 2. The number of hydrogen-bond donors (Lipinski definition) is 1. The van der Waals surface area contributed by atoms with Crippen molar-refractivity contribution in [2.45, 2.75) is 89.9 Å². The van der Waals surface area contributed by atoms with Crippen LogP contribution < -0.4 is 10.4 Å². The summed E-state index contributed by atoms with van der Waals surface area (Å²) in [6, 6.07) is 1.69. The van der Waals surface area contributed by atoms with Crippen LogP contribution in [0.1, 0.15) is 82.7 Å². The van der Waals surface area contributed by atoms with Crippen LogP contribution in [-0.4, -0.2) is 79.5 Å². The lowest BCUT2D eigenvalue weighted by atomic mass is 9.94. The van der Waals surface area contributed by atoms with Gasteiger partial charge in [0.15, 0.2) is 6.10 Å². The Kier molecular flexibility index (Phi) is 8.91. The minimum Gasteiger partial charge on any atom is -0.444 e. The second-order valence-corrected chi connectivity index (χ2v) is 11.8. The number of hydrazine groups is 1. The van der Waals surface area contributed by atoms with Crippen LogP contribution in [-0.2, 0) is 25.2 Å². The number of hydrogen-bond acceptors (Lipinski definition) is 7. The zero-order chi connectivity index (χ0) is 29.4. The Morgan fingerprint density at radius 1 is 1.23 bits per heavy atom. The molecule has 2 unspecified atom stereocenters. The molecule has 224 valence electrons. The molecule has 1 aliphatic carbocycles. The third-order valence-corrected chi connectivity index (χ3v) is 7.38. The molecule has 1 N–H and O–H groups in total. The number of carbonyl (C=O) groups excluding carboxylic acids is 2. The Labute approximate surface area is 233 Å². The minimum absolute atomic E-state index is 0.0242. The van der Waals surface area contributed by atoms with Gasteiger partial charge in [0.05, 0.1) is 36.5 Å². The molecule has 0 bridgehead atoms. The van der Waals surface area contributed by atoms with Crippen molar-refractivity contribution in [1.82, 2.24) is 15.2 Å². The van der Waals surface area contributed by atoms with Crippen LogP contribution in [0.5, 0.6) is 0 Å². The summed E-state index contributed by atoms with van der Waals surface area (Å²) in [6.45, 7) is 10.2. The predicted molar refractivity (Wildman–Crippen MR) is 143 cm³/mol. The molecule has 40 heavy (non-hydrogen) atoms. The van der Waals surface area contributed by atoms with E-state index in [1.165, 1.54) is 11.0 Å². The van der Waals surface area contributed by atoms with E-state index in [1.807, 2.05) is 0 Å². The lowest BCUT2D eigenvalue weighted by molar-refractivity contribution is -0.151. The van der Waals surface area contributed by atoms with Crippen molar-refractivity contribution in [3.63, 3.8) is 0 Å². The number of fused-ring (bicyclic) bond motifs is 1. The van der Waals surface area contributed by atoms with E-state index < -0.39 is 41.6 Å². The number of alkyl halides is 3. The van der Waals surface area contributed by atoms with Gasteiger partial charge in [-0.1, -0.05) is 0 Å². The van der Waals surface area contributed by atoms with Crippen LogP contribution >= 0.6 is 0 Å². The molecule has 3 atom stereocenters. The molecule has 12 heteroatoms. The maximum absolute atomic E-state index is 14.3. The lowest BCUT2D eigenvalue weighted by Gasteiger charge is -2.38. The van der Waals surface area contributed by atoms with Crippen LogP contribution in [0.2, 0.25) is 0 Å². The van der Waals surface area contributed by atoms with Crippen molar-refractivity contribution >= 4 is 17.7 Å². The molecule has 2 fully saturated rings. The summed E-state index contributed by atoms with van der Waals surface area (Å²) in [5.74, 6) is -0.333. The molecule has 2 aliphatic heterocycles. The summed E-state index contributed by atoms with van der Waals surface area (Å²) < 4.78 is 59.4. The first-order chi connectivity index (χ1) is 18.7. The SMILES string of the molecule is COCCCN1NC(C)c2c1cc(C(C)N(C(=O)[C@H]1CN(C(=O)OC(C)(C)C)CCO1)C1CC1)cc2C(F)(F)F. The van der Waals surface area contributed by atoms with E-state index in [-0.39, 0.29) is 30.7 Å². The molecule has 0 spiro atoms. The van der Waals surface area contributed by atoms with Crippen LogP contribution in [0, 0.1) is 0 Å². The highest BCUT2D eigenvalue weighted by atomic mass is 19.4. The molecule has 1 saturated heterocycles. The Morgan fingerprint density at radius 3 is 2.52 bits per heavy atom. The Bertz CT molecular complexity index is 1090. The molecule has 9 nitrogen and oxygen atoms in total. The Hall–Kier alpha value is -2.57. The number of halogens is 3. The number of anilines is 1. The average molecular weight is 571 g/mol. The van der Waals surface area contributed by atoms with E-state index >= 15 is 0 Å².